The van der Waals surface area contributed by atoms with Crippen LogP contribution in [0.5, 0.6) is 0 Å². The fraction of sp³-hybridized carbons (Fsp3) is 0.333. The first-order chi connectivity index (χ1) is 6.16. The summed E-state index contributed by atoms with van der Waals surface area (Å²) < 4.78 is 0. The van der Waals surface area contributed by atoms with Crippen LogP contribution >= 0.6 is 0 Å². The number of nitrogens with zero attached hydrogens (tertiary/aromatic N) is 1. The molecule has 1 aromatic rings. The third kappa shape index (κ3) is 2.03. The molecule has 13 heavy (non-hydrogen) atoms. The smallest absolute Gasteiger partial charge is 0.274 e. The SMILES string of the molecule is CC[C@H](N)c1ccccc1[N+](=O)[O-]. The van der Waals surface area contributed by atoms with Crippen molar-refractivity contribution < 1.29 is 4.92 Å². The van der Waals surface area contributed by atoms with Crippen molar-refractivity contribution in [3.8, 4) is 0 Å². The van der Waals surface area contributed by atoms with Crippen molar-refractivity contribution in [3.05, 3.63) is 39.9 Å². The summed E-state index contributed by atoms with van der Waals surface area (Å²) >= 11 is 0. The molecule has 0 aliphatic carbocycles. The van der Waals surface area contributed by atoms with Gasteiger partial charge < -0.3 is 5.73 Å². The van der Waals surface area contributed by atoms with E-state index in [-0.39, 0.29) is 11.7 Å². The maximum Gasteiger partial charge on any atom is 0.274 e. The number of hydrogen-bond donors (Lipinski definition) is 1. The van der Waals surface area contributed by atoms with Gasteiger partial charge in [0.2, 0.25) is 0 Å². The molecule has 0 saturated carbocycles. The number of nitrogens with two attached hydrogens (primary N) is 1. The van der Waals surface area contributed by atoms with Crippen LogP contribution in [0.25, 0.3) is 0 Å². The second-order valence-electron chi connectivity index (χ2n) is 2.83. The van der Waals surface area contributed by atoms with Crippen molar-refractivity contribution in [3.63, 3.8) is 0 Å². The summed E-state index contributed by atoms with van der Waals surface area (Å²) in [6.07, 6.45) is 0.699. The van der Waals surface area contributed by atoms with Crippen LogP contribution in [-0.4, -0.2) is 4.92 Å². The van der Waals surface area contributed by atoms with E-state index in [1.165, 1.54) is 6.07 Å². The Morgan fingerprint density at radius 1 is 1.54 bits per heavy atom. The summed E-state index contributed by atoms with van der Waals surface area (Å²) in [4.78, 5) is 10.2. The average molecular weight is 180 g/mol. The van der Waals surface area contributed by atoms with Crippen molar-refractivity contribution >= 4 is 5.69 Å². The standard InChI is InChI=1S/C9H12N2O2/c1-2-8(10)7-5-3-4-6-9(7)11(12)13/h3-6,8H,2,10H2,1H3/t8-/m0/s1. The lowest BCUT2D eigenvalue weighted by Gasteiger charge is -2.08. The molecule has 4 nitrogen and oxygen atoms in total. The first kappa shape index (κ1) is 9.67. The van der Waals surface area contributed by atoms with Gasteiger partial charge in [-0.15, -0.1) is 0 Å². The summed E-state index contributed by atoms with van der Waals surface area (Å²) in [6, 6.07) is 6.33. The molecule has 70 valence electrons. The van der Waals surface area contributed by atoms with Gasteiger partial charge in [0.05, 0.1) is 4.92 Å². The molecule has 1 aromatic carbocycles. The van der Waals surface area contributed by atoms with Crippen LogP contribution in [0.1, 0.15) is 24.9 Å². The molecule has 4 heteroatoms. The minimum absolute atomic E-state index is 0.108. The maximum absolute atomic E-state index is 10.6. The minimum atomic E-state index is -0.398. The zero-order valence-corrected chi connectivity index (χ0v) is 7.43. The number of hydrogen-bond acceptors (Lipinski definition) is 3. The van der Waals surface area contributed by atoms with Crippen LogP contribution in [0.4, 0.5) is 5.69 Å². The highest BCUT2D eigenvalue weighted by Gasteiger charge is 2.16. The molecule has 0 amide bonds. The third-order valence-electron chi connectivity index (χ3n) is 1.97. The molecule has 0 bridgehead atoms. The van der Waals surface area contributed by atoms with E-state index in [1.54, 1.807) is 18.2 Å². The lowest BCUT2D eigenvalue weighted by atomic mass is 10.0. The Balaban J connectivity index is 3.11. The Morgan fingerprint density at radius 2 is 2.15 bits per heavy atom. The highest BCUT2D eigenvalue weighted by atomic mass is 16.6. The van der Waals surface area contributed by atoms with Crippen molar-refractivity contribution in [2.24, 2.45) is 5.73 Å². The normalized spacial score (nSPS) is 12.5. The fourth-order valence-electron chi connectivity index (χ4n) is 1.19. The van der Waals surface area contributed by atoms with Crippen LogP contribution in [0, 0.1) is 10.1 Å². The summed E-state index contributed by atoms with van der Waals surface area (Å²) in [5.74, 6) is 0. The van der Waals surface area contributed by atoms with Gasteiger partial charge in [0.1, 0.15) is 0 Å². The van der Waals surface area contributed by atoms with E-state index in [0.29, 0.717) is 12.0 Å². The largest absolute Gasteiger partial charge is 0.324 e. The third-order valence-corrected chi connectivity index (χ3v) is 1.97. The van der Waals surface area contributed by atoms with Gasteiger partial charge >= 0.3 is 0 Å². The number of para-hydroxylation sites is 1. The number of rotatable bonds is 3. The van der Waals surface area contributed by atoms with Crippen LogP contribution in [-0.2, 0) is 0 Å². The summed E-state index contributed by atoms with van der Waals surface area (Å²) in [5.41, 5.74) is 6.44. The second kappa shape index (κ2) is 4.00. The second-order valence-corrected chi connectivity index (χ2v) is 2.83. The molecule has 0 aliphatic rings. The van der Waals surface area contributed by atoms with E-state index in [9.17, 15) is 10.1 Å². The Bertz CT molecular complexity index is 312. The summed E-state index contributed by atoms with van der Waals surface area (Å²) in [7, 11) is 0. The van der Waals surface area contributed by atoms with Gasteiger partial charge in [-0.05, 0) is 6.42 Å². The van der Waals surface area contributed by atoms with Gasteiger partial charge in [-0.2, -0.15) is 0 Å². The Labute approximate surface area is 76.5 Å². The Morgan fingerprint density at radius 3 is 2.69 bits per heavy atom. The van der Waals surface area contributed by atoms with Crippen LogP contribution in [0.15, 0.2) is 24.3 Å². The quantitative estimate of drug-likeness (QED) is 0.571. The Hall–Kier alpha value is -1.42. The molecule has 0 unspecified atom stereocenters. The molecule has 0 fully saturated rings. The van der Waals surface area contributed by atoms with Gasteiger partial charge in [0, 0.05) is 17.7 Å². The lowest BCUT2D eigenvalue weighted by Crippen LogP contribution is -2.10. The summed E-state index contributed by atoms with van der Waals surface area (Å²) in [5, 5.41) is 10.6. The highest BCUT2D eigenvalue weighted by molar-refractivity contribution is 5.41. The molecule has 1 rings (SSSR count). The lowest BCUT2D eigenvalue weighted by molar-refractivity contribution is -0.385. The van der Waals surface area contributed by atoms with Crippen LogP contribution < -0.4 is 5.73 Å². The number of nitro groups is 1. The first-order valence-electron chi connectivity index (χ1n) is 4.15. The van der Waals surface area contributed by atoms with Gasteiger partial charge in [0.15, 0.2) is 0 Å². The van der Waals surface area contributed by atoms with Gasteiger partial charge in [0.25, 0.3) is 5.69 Å². The van der Waals surface area contributed by atoms with Crippen molar-refractivity contribution in [1.82, 2.24) is 0 Å². The predicted molar refractivity (Wildman–Crippen MR) is 50.3 cm³/mol. The zero-order chi connectivity index (χ0) is 9.84. The predicted octanol–water partition coefficient (Wildman–Crippen LogP) is 2.00. The Kier molecular flexibility index (Phi) is 2.97. The molecule has 2 N–H and O–H groups in total. The van der Waals surface area contributed by atoms with E-state index in [4.69, 9.17) is 5.73 Å². The molecule has 0 heterocycles. The topological polar surface area (TPSA) is 69.2 Å². The number of nitro benzene ring substituents is 1. The van der Waals surface area contributed by atoms with E-state index in [0.717, 1.165) is 0 Å². The summed E-state index contributed by atoms with van der Waals surface area (Å²) in [6.45, 7) is 1.90. The molecular weight excluding hydrogens is 168 g/mol. The van der Waals surface area contributed by atoms with Gasteiger partial charge in [-0.1, -0.05) is 25.1 Å². The van der Waals surface area contributed by atoms with E-state index in [1.807, 2.05) is 6.92 Å². The average Bonchev–Trinajstić information content (AvgIpc) is 2.16. The van der Waals surface area contributed by atoms with Crippen LogP contribution in [0.2, 0.25) is 0 Å². The van der Waals surface area contributed by atoms with Crippen molar-refractivity contribution in [1.29, 1.82) is 0 Å². The molecule has 0 aliphatic heterocycles. The molecule has 1 atom stereocenters. The maximum atomic E-state index is 10.6. The minimum Gasteiger partial charge on any atom is -0.324 e. The molecule has 0 aromatic heterocycles. The molecule has 0 spiro atoms. The van der Waals surface area contributed by atoms with E-state index >= 15 is 0 Å². The monoisotopic (exact) mass is 180 g/mol. The highest BCUT2D eigenvalue weighted by Crippen LogP contribution is 2.24. The van der Waals surface area contributed by atoms with Gasteiger partial charge in [-0.25, -0.2) is 0 Å². The van der Waals surface area contributed by atoms with E-state index < -0.39 is 4.92 Å². The fourth-order valence-corrected chi connectivity index (χ4v) is 1.19. The zero-order valence-electron chi connectivity index (χ0n) is 7.43. The van der Waals surface area contributed by atoms with Crippen LogP contribution in [0.3, 0.4) is 0 Å². The van der Waals surface area contributed by atoms with E-state index in [2.05, 4.69) is 0 Å². The molecule has 0 radical (unpaired) electrons. The van der Waals surface area contributed by atoms with Gasteiger partial charge in [-0.3, -0.25) is 10.1 Å². The van der Waals surface area contributed by atoms with Crippen molar-refractivity contribution in [2.75, 3.05) is 0 Å². The van der Waals surface area contributed by atoms with Crippen molar-refractivity contribution in [2.45, 2.75) is 19.4 Å². The molecular formula is C9H12N2O2. The number of benzene rings is 1. The molecule has 0 saturated heterocycles. The first-order valence-corrected chi connectivity index (χ1v) is 4.15.